The number of carbonyl (C=O) groups excluding carboxylic acids is 2. The SMILES string of the molecule is O=C(NO)C1CN(C2CCCN(C(=O)c3cc(-c4cc(Cl)ccc4Cl)c(Cl)cc3O)C2)C1. The molecule has 4 rings (SSSR count). The van der Waals surface area contributed by atoms with Crippen molar-refractivity contribution < 1.29 is 19.9 Å². The van der Waals surface area contributed by atoms with E-state index in [1.807, 2.05) is 0 Å². The number of likely N-dealkylation sites (tertiary alicyclic amines) is 2. The molecule has 0 spiro atoms. The van der Waals surface area contributed by atoms with Crippen molar-refractivity contribution in [2.45, 2.75) is 18.9 Å². The highest BCUT2D eigenvalue weighted by Gasteiger charge is 2.39. The minimum absolute atomic E-state index is 0.117. The van der Waals surface area contributed by atoms with Crippen LogP contribution < -0.4 is 5.48 Å². The molecule has 10 heteroatoms. The molecule has 2 aromatic carbocycles. The van der Waals surface area contributed by atoms with E-state index in [2.05, 4.69) is 4.90 Å². The van der Waals surface area contributed by atoms with E-state index in [0.717, 1.165) is 12.8 Å². The number of amides is 2. The first-order chi connectivity index (χ1) is 15.3. The lowest BCUT2D eigenvalue weighted by atomic mass is 9.93. The van der Waals surface area contributed by atoms with E-state index in [1.54, 1.807) is 34.6 Å². The van der Waals surface area contributed by atoms with E-state index in [0.29, 0.717) is 47.4 Å². The number of carbonyl (C=O) groups is 2. The van der Waals surface area contributed by atoms with Crippen LogP contribution in [0.5, 0.6) is 5.75 Å². The molecule has 0 bridgehead atoms. The van der Waals surface area contributed by atoms with Crippen molar-refractivity contribution in [2.24, 2.45) is 5.92 Å². The van der Waals surface area contributed by atoms with E-state index in [4.69, 9.17) is 40.0 Å². The van der Waals surface area contributed by atoms with Crippen LogP contribution in [0, 0.1) is 5.92 Å². The minimum Gasteiger partial charge on any atom is -0.507 e. The van der Waals surface area contributed by atoms with E-state index in [9.17, 15) is 14.7 Å². The van der Waals surface area contributed by atoms with Gasteiger partial charge in [0.15, 0.2) is 0 Å². The molecule has 1 atom stereocenters. The first kappa shape index (κ1) is 23.1. The van der Waals surface area contributed by atoms with Gasteiger partial charge in [-0.1, -0.05) is 34.8 Å². The lowest BCUT2D eigenvalue weighted by Gasteiger charge is -2.46. The quantitative estimate of drug-likeness (QED) is 0.437. The number of hydrogen-bond donors (Lipinski definition) is 3. The lowest BCUT2D eigenvalue weighted by Crippen LogP contribution is -2.60. The Morgan fingerprint density at radius 2 is 1.72 bits per heavy atom. The Morgan fingerprint density at radius 1 is 1.00 bits per heavy atom. The van der Waals surface area contributed by atoms with Crippen LogP contribution in [0.15, 0.2) is 30.3 Å². The minimum atomic E-state index is -0.386. The Balaban J connectivity index is 1.54. The number of hydrogen-bond acceptors (Lipinski definition) is 5. The average molecular weight is 499 g/mol. The summed E-state index contributed by atoms with van der Waals surface area (Å²) >= 11 is 18.8. The molecule has 0 aromatic heterocycles. The van der Waals surface area contributed by atoms with E-state index < -0.39 is 0 Å². The molecule has 2 amide bonds. The smallest absolute Gasteiger partial charge is 0.257 e. The summed E-state index contributed by atoms with van der Waals surface area (Å²) in [6.45, 7) is 2.14. The highest BCUT2D eigenvalue weighted by molar-refractivity contribution is 6.38. The summed E-state index contributed by atoms with van der Waals surface area (Å²) in [5.41, 5.74) is 2.91. The van der Waals surface area contributed by atoms with Crippen LogP contribution in [-0.4, -0.2) is 64.1 Å². The summed E-state index contributed by atoms with van der Waals surface area (Å²) in [5, 5.41) is 20.4. The Bertz CT molecular complexity index is 1060. The number of aromatic hydroxyl groups is 1. The predicted octanol–water partition coefficient (Wildman–Crippen LogP) is 4.06. The van der Waals surface area contributed by atoms with Gasteiger partial charge in [0.2, 0.25) is 5.91 Å². The molecule has 0 aliphatic carbocycles. The molecule has 2 heterocycles. The van der Waals surface area contributed by atoms with Crippen molar-refractivity contribution in [3.8, 4) is 16.9 Å². The number of phenols is 1. The van der Waals surface area contributed by atoms with Crippen molar-refractivity contribution in [3.63, 3.8) is 0 Å². The molecule has 2 aromatic rings. The number of hydroxylamine groups is 1. The third-order valence-corrected chi connectivity index (χ3v) is 7.00. The monoisotopic (exact) mass is 497 g/mol. The molecule has 2 aliphatic heterocycles. The molecule has 2 saturated heterocycles. The van der Waals surface area contributed by atoms with Crippen LogP contribution >= 0.6 is 34.8 Å². The number of piperidine rings is 1. The second-order valence-electron chi connectivity index (χ2n) is 8.15. The van der Waals surface area contributed by atoms with Gasteiger partial charge in [0.25, 0.3) is 5.91 Å². The maximum absolute atomic E-state index is 13.3. The van der Waals surface area contributed by atoms with Gasteiger partial charge in [-0.2, -0.15) is 0 Å². The molecular weight excluding hydrogens is 477 g/mol. The predicted molar refractivity (Wildman–Crippen MR) is 122 cm³/mol. The summed E-state index contributed by atoms with van der Waals surface area (Å²) in [5.74, 6) is -1.12. The first-order valence-corrected chi connectivity index (χ1v) is 11.4. The zero-order valence-corrected chi connectivity index (χ0v) is 19.3. The van der Waals surface area contributed by atoms with Gasteiger partial charge < -0.3 is 10.0 Å². The van der Waals surface area contributed by atoms with Crippen LogP contribution in [0.25, 0.3) is 11.1 Å². The number of phenolic OH excluding ortho intramolecular Hbond substituents is 1. The Kier molecular flexibility index (Phi) is 6.83. The zero-order chi connectivity index (χ0) is 23.0. The molecule has 0 radical (unpaired) electrons. The number of rotatable bonds is 4. The third kappa shape index (κ3) is 4.54. The van der Waals surface area contributed by atoms with Gasteiger partial charge in [-0.25, -0.2) is 5.48 Å². The summed E-state index contributed by atoms with van der Waals surface area (Å²) < 4.78 is 0. The summed E-state index contributed by atoms with van der Waals surface area (Å²) in [6.07, 6.45) is 1.72. The standard InChI is InChI=1S/C22H22Cl3N3O4/c23-13-3-4-18(24)15(6-13)16-7-17(20(29)8-19(16)25)22(31)27-5-1-2-14(11-27)28-9-12(10-28)21(30)26-32/h3-4,6-8,12,14,29,32H,1-2,5,9-11H2,(H,26,30). The van der Waals surface area contributed by atoms with Crippen molar-refractivity contribution in [1.82, 2.24) is 15.3 Å². The van der Waals surface area contributed by atoms with Gasteiger partial charge in [-0.05, 0) is 43.2 Å². The van der Waals surface area contributed by atoms with Crippen LogP contribution in [0.2, 0.25) is 15.1 Å². The van der Waals surface area contributed by atoms with Crippen LogP contribution in [0.3, 0.4) is 0 Å². The Hall–Kier alpha value is -2.03. The normalized spacial score (nSPS) is 19.5. The topological polar surface area (TPSA) is 93.1 Å². The van der Waals surface area contributed by atoms with E-state index >= 15 is 0 Å². The van der Waals surface area contributed by atoms with Gasteiger partial charge in [0.05, 0.1) is 16.5 Å². The largest absolute Gasteiger partial charge is 0.507 e. The fraction of sp³-hybridized carbons (Fsp3) is 0.364. The van der Waals surface area contributed by atoms with Crippen LogP contribution in [-0.2, 0) is 4.79 Å². The van der Waals surface area contributed by atoms with Gasteiger partial charge >= 0.3 is 0 Å². The lowest BCUT2D eigenvalue weighted by molar-refractivity contribution is -0.140. The van der Waals surface area contributed by atoms with Crippen LogP contribution in [0.4, 0.5) is 0 Å². The first-order valence-electron chi connectivity index (χ1n) is 10.2. The van der Waals surface area contributed by atoms with Gasteiger partial charge in [-0.15, -0.1) is 0 Å². The number of halogens is 3. The second kappa shape index (κ2) is 9.45. The Morgan fingerprint density at radius 3 is 2.44 bits per heavy atom. The highest BCUT2D eigenvalue weighted by atomic mass is 35.5. The van der Waals surface area contributed by atoms with Gasteiger partial charge in [-0.3, -0.25) is 19.7 Å². The van der Waals surface area contributed by atoms with Crippen molar-refractivity contribution >= 4 is 46.6 Å². The molecule has 3 N–H and O–H groups in total. The molecule has 2 fully saturated rings. The zero-order valence-electron chi connectivity index (χ0n) is 17.0. The van der Waals surface area contributed by atoms with Gasteiger partial charge in [0.1, 0.15) is 5.75 Å². The van der Waals surface area contributed by atoms with E-state index in [-0.39, 0.29) is 40.1 Å². The number of nitrogens with one attached hydrogen (secondary N) is 1. The fourth-order valence-electron chi connectivity index (χ4n) is 4.32. The van der Waals surface area contributed by atoms with Crippen molar-refractivity contribution in [1.29, 1.82) is 0 Å². The number of benzene rings is 2. The fourth-order valence-corrected chi connectivity index (χ4v) is 4.97. The molecule has 32 heavy (non-hydrogen) atoms. The molecule has 2 aliphatic rings. The molecule has 0 saturated carbocycles. The summed E-state index contributed by atoms with van der Waals surface area (Å²) in [6, 6.07) is 7.98. The maximum Gasteiger partial charge on any atom is 0.257 e. The highest BCUT2D eigenvalue weighted by Crippen LogP contribution is 2.39. The van der Waals surface area contributed by atoms with Gasteiger partial charge in [0, 0.05) is 53.4 Å². The second-order valence-corrected chi connectivity index (χ2v) is 9.40. The van der Waals surface area contributed by atoms with E-state index in [1.165, 1.54) is 6.07 Å². The van der Waals surface area contributed by atoms with Crippen LogP contribution in [0.1, 0.15) is 23.2 Å². The average Bonchev–Trinajstić information content (AvgIpc) is 2.74. The number of nitrogens with zero attached hydrogens (tertiary/aromatic N) is 2. The molecule has 7 nitrogen and oxygen atoms in total. The third-order valence-electron chi connectivity index (χ3n) is 6.13. The molecular formula is C22H22Cl3N3O4. The molecule has 170 valence electrons. The molecule has 1 unspecified atom stereocenters. The van der Waals surface area contributed by atoms with Crippen molar-refractivity contribution in [2.75, 3.05) is 26.2 Å². The van der Waals surface area contributed by atoms with Crippen molar-refractivity contribution in [3.05, 3.63) is 51.0 Å². The maximum atomic E-state index is 13.3. The summed E-state index contributed by atoms with van der Waals surface area (Å²) in [7, 11) is 0. The Labute approximate surface area is 200 Å². The summed E-state index contributed by atoms with van der Waals surface area (Å²) in [4.78, 5) is 28.7.